The zero-order valence-electron chi connectivity index (χ0n) is 10.9. The first kappa shape index (κ1) is 13.7. The van der Waals surface area contributed by atoms with E-state index in [0.717, 1.165) is 11.3 Å². The third kappa shape index (κ3) is 3.90. The predicted octanol–water partition coefficient (Wildman–Crippen LogP) is 2.94. The molecule has 1 aromatic carbocycles. The van der Waals surface area contributed by atoms with Crippen LogP contribution in [0, 0.1) is 0 Å². The zero-order chi connectivity index (χ0) is 12.8. The molecule has 0 heterocycles. The lowest BCUT2D eigenvalue weighted by atomic mass is 10.1. The first-order chi connectivity index (χ1) is 8.79. The molecule has 0 aliphatic heterocycles. The molecule has 0 bridgehead atoms. The molecule has 1 aromatic rings. The SMILES string of the molecule is CSNc1ccc(C(O)CNC2CCCC2)cc1. The van der Waals surface area contributed by atoms with Crippen LogP contribution in [0.15, 0.2) is 24.3 Å². The van der Waals surface area contributed by atoms with Gasteiger partial charge < -0.3 is 15.1 Å². The van der Waals surface area contributed by atoms with E-state index in [9.17, 15) is 5.11 Å². The molecule has 1 aliphatic carbocycles. The highest BCUT2D eigenvalue weighted by Gasteiger charge is 2.16. The molecule has 0 aromatic heterocycles. The smallest absolute Gasteiger partial charge is 0.0914 e. The average Bonchev–Trinajstić information content (AvgIpc) is 2.90. The minimum absolute atomic E-state index is 0.408. The van der Waals surface area contributed by atoms with Crippen LogP contribution in [-0.2, 0) is 0 Å². The highest BCUT2D eigenvalue weighted by molar-refractivity contribution is 7.99. The predicted molar refractivity (Wildman–Crippen MR) is 78.8 cm³/mol. The summed E-state index contributed by atoms with van der Waals surface area (Å²) in [5.74, 6) is 0. The van der Waals surface area contributed by atoms with Crippen LogP contribution in [0.25, 0.3) is 0 Å². The molecule has 1 aliphatic rings. The summed E-state index contributed by atoms with van der Waals surface area (Å²) in [6, 6.07) is 8.59. The molecule has 3 nitrogen and oxygen atoms in total. The maximum absolute atomic E-state index is 10.1. The lowest BCUT2D eigenvalue weighted by Crippen LogP contribution is -2.30. The van der Waals surface area contributed by atoms with E-state index in [4.69, 9.17) is 0 Å². The van der Waals surface area contributed by atoms with Gasteiger partial charge in [0.15, 0.2) is 0 Å². The summed E-state index contributed by atoms with van der Waals surface area (Å²) in [7, 11) is 0. The Hall–Kier alpha value is -0.710. The van der Waals surface area contributed by atoms with Gasteiger partial charge in [0.25, 0.3) is 0 Å². The number of anilines is 1. The molecule has 1 atom stereocenters. The largest absolute Gasteiger partial charge is 0.387 e. The second-order valence-electron chi connectivity index (χ2n) is 4.83. The van der Waals surface area contributed by atoms with Crippen LogP contribution in [0.1, 0.15) is 37.4 Å². The van der Waals surface area contributed by atoms with Gasteiger partial charge in [0.05, 0.1) is 6.10 Å². The maximum Gasteiger partial charge on any atom is 0.0914 e. The molecular weight excluding hydrogens is 244 g/mol. The van der Waals surface area contributed by atoms with Gasteiger partial charge in [0, 0.05) is 24.5 Å². The van der Waals surface area contributed by atoms with Gasteiger partial charge in [0.1, 0.15) is 0 Å². The maximum atomic E-state index is 10.1. The molecule has 0 amide bonds. The third-order valence-electron chi connectivity index (χ3n) is 3.47. The van der Waals surface area contributed by atoms with Crippen molar-refractivity contribution in [3.05, 3.63) is 29.8 Å². The van der Waals surface area contributed by atoms with Crippen molar-refractivity contribution < 1.29 is 5.11 Å². The molecule has 4 heteroatoms. The molecule has 3 N–H and O–H groups in total. The van der Waals surface area contributed by atoms with E-state index in [1.165, 1.54) is 25.7 Å². The van der Waals surface area contributed by atoms with Crippen molar-refractivity contribution in [1.29, 1.82) is 0 Å². The Morgan fingerprint density at radius 1 is 1.28 bits per heavy atom. The van der Waals surface area contributed by atoms with Gasteiger partial charge in [0.2, 0.25) is 0 Å². The van der Waals surface area contributed by atoms with Crippen LogP contribution in [0.5, 0.6) is 0 Å². The second-order valence-corrected chi connectivity index (χ2v) is 5.45. The van der Waals surface area contributed by atoms with E-state index in [0.29, 0.717) is 12.6 Å². The van der Waals surface area contributed by atoms with Gasteiger partial charge >= 0.3 is 0 Å². The van der Waals surface area contributed by atoms with Crippen LogP contribution in [0.4, 0.5) is 5.69 Å². The highest BCUT2D eigenvalue weighted by Crippen LogP contribution is 2.20. The van der Waals surface area contributed by atoms with Crippen LogP contribution >= 0.6 is 11.9 Å². The number of aliphatic hydroxyl groups is 1. The van der Waals surface area contributed by atoms with Crippen molar-refractivity contribution in [3.63, 3.8) is 0 Å². The van der Waals surface area contributed by atoms with Gasteiger partial charge in [-0.05, 0) is 30.5 Å². The number of aliphatic hydroxyl groups excluding tert-OH is 1. The first-order valence-corrected chi connectivity index (χ1v) is 7.82. The Morgan fingerprint density at radius 2 is 1.94 bits per heavy atom. The number of nitrogens with one attached hydrogen (secondary N) is 2. The Bertz CT molecular complexity index is 349. The van der Waals surface area contributed by atoms with Gasteiger partial charge in [-0.1, -0.05) is 36.9 Å². The number of hydrogen-bond donors (Lipinski definition) is 3. The summed E-state index contributed by atoms with van der Waals surface area (Å²) in [6.45, 7) is 0.653. The Kier molecular flexibility index (Phi) is 5.35. The standard InChI is InChI=1S/C14H22N2OS/c1-18-16-13-8-6-11(7-9-13)14(17)10-15-12-4-2-3-5-12/h6-9,12,14-17H,2-5,10H2,1H3. The summed E-state index contributed by atoms with van der Waals surface area (Å²) in [4.78, 5) is 0. The average molecular weight is 266 g/mol. The molecule has 0 radical (unpaired) electrons. The quantitative estimate of drug-likeness (QED) is 0.693. The van der Waals surface area contributed by atoms with Gasteiger partial charge in [-0.25, -0.2) is 0 Å². The third-order valence-corrected chi connectivity index (χ3v) is 3.91. The van der Waals surface area contributed by atoms with Crippen molar-refractivity contribution in [2.24, 2.45) is 0 Å². The van der Waals surface area contributed by atoms with Crippen molar-refractivity contribution in [2.75, 3.05) is 17.5 Å². The fourth-order valence-electron chi connectivity index (χ4n) is 2.42. The molecule has 100 valence electrons. The first-order valence-electron chi connectivity index (χ1n) is 6.60. The molecule has 1 unspecified atom stereocenters. The molecule has 2 rings (SSSR count). The summed E-state index contributed by atoms with van der Waals surface area (Å²) in [5, 5.41) is 13.6. The summed E-state index contributed by atoms with van der Waals surface area (Å²) in [6.07, 6.45) is 6.74. The lowest BCUT2D eigenvalue weighted by Gasteiger charge is -2.16. The Morgan fingerprint density at radius 3 is 2.56 bits per heavy atom. The van der Waals surface area contributed by atoms with E-state index >= 15 is 0 Å². The Balaban J connectivity index is 1.81. The minimum Gasteiger partial charge on any atom is -0.387 e. The fourth-order valence-corrected chi connectivity index (χ4v) is 2.79. The number of hydrogen-bond acceptors (Lipinski definition) is 4. The molecule has 18 heavy (non-hydrogen) atoms. The monoisotopic (exact) mass is 266 g/mol. The van der Waals surface area contributed by atoms with Gasteiger partial charge in [-0.2, -0.15) is 0 Å². The second kappa shape index (κ2) is 7.02. The van der Waals surface area contributed by atoms with E-state index in [1.54, 1.807) is 11.9 Å². The fraction of sp³-hybridized carbons (Fsp3) is 0.571. The van der Waals surface area contributed by atoms with Crippen molar-refractivity contribution in [3.8, 4) is 0 Å². The van der Waals surface area contributed by atoms with Crippen molar-refractivity contribution in [2.45, 2.75) is 37.8 Å². The molecular formula is C14H22N2OS. The van der Waals surface area contributed by atoms with Crippen LogP contribution in [0.3, 0.4) is 0 Å². The van der Waals surface area contributed by atoms with Gasteiger partial charge in [-0.15, -0.1) is 0 Å². The molecule has 1 saturated carbocycles. The van der Waals surface area contributed by atoms with E-state index in [1.807, 2.05) is 30.5 Å². The van der Waals surface area contributed by atoms with E-state index in [2.05, 4.69) is 10.0 Å². The highest BCUT2D eigenvalue weighted by atomic mass is 32.2. The number of benzene rings is 1. The number of rotatable bonds is 6. The van der Waals surface area contributed by atoms with E-state index in [-0.39, 0.29) is 0 Å². The van der Waals surface area contributed by atoms with E-state index < -0.39 is 6.10 Å². The van der Waals surface area contributed by atoms with Gasteiger partial charge in [-0.3, -0.25) is 0 Å². The molecule has 0 saturated heterocycles. The van der Waals surface area contributed by atoms with Crippen LogP contribution in [0.2, 0.25) is 0 Å². The topological polar surface area (TPSA) is 44.3 Å². The lowest BCUT2D eigenvalue weighted by molar-refractivity contribution is 0.170. The van der Waals surface area contributed by atoms with Crippen LogP contribution < -0.4 is 10.0 Å². The summed E-state index contributed by atoms with van der Waals surface area (Å²) < 4.78 is 3.17. The van der Waals surface area contributed by atoms with Crippen molar-refractivity contribution >= 4 is 17.6 Å². The minimum atomic E-state index is -0.408. The summed E-state index contributed by atoms with van der Waals surface area (Å²) >= 11 is 1.57. The van der Waals surface area contributed by atoms with Crippen LogP contribution in [-0.4, -0.2) is 23.9 Å². The molecule has 0 spiro atoms. The zero-order valence-corrected chi connectivity index (χ0v) is 11.7. The normalized spacial score (nSPS) is 17.9. The van der Waals surface area contributed by atoms with Crippen molar-refractivity contribution in [1.82, 2.24) is 5.32 Å². The molecule has 1 fully saturated rings. The Labute approximate surface area is 113 Å². The summed E-state index contributed by atoms with van der Waals surface area (Å²) in [5.41, 5.74) is 2.05.